The fourth-order valence-electron chi connectivity index (χ4n) is 0.112. The molecule has 0 aromatic rings. The van der Waals surface area contributed by atoms with Gasteiger partial charge < -0.3 is 9.66 Å². The third-order valence-corrected chi connectivity index (χ3v) is 1.02. The minimum absolute atomic E-state index is 0. The number of halogens is 1. The zero-order chi connectivity index (χ0) is 5.91. The highest BCUT2D eigenvalue weighted by atomic mass is 127. The van der Waals surface area contributed by atoms with Crippen LogP contribution >= 0.6 is 24.0 Å². The fourth-order valence-corrected chi connectivity index (χ4v) is 0.335. The van der Waals surface area contributed by atoms with Crippen LogP contribution in [-0.4, -0.2) is 30.4 Å². The third kappa shape index (κ3) is 9.78. The Labute approximate surface area is 64.7 Å². The van der Waals surface area contributed by atoms with Gasteiger partial charge in [0.2, 0.25) is 0 Å². The summed E-state index contributed by atoms with van der Waals surface area (Å²) in [5.74, 6) is -0.688. The Bertz CT molecular complexity index is 127. The predicted molar refractivity (Wildman–Crippen MR) is 37.1 cm³/mol. The number of aliphatic hydroxyl groups excluding tert-OH is 1. The Hall–Kier alpha value is 0.600. The monoisotopic (exact) mass is 253 g/mol. The van der Waals surface area contributed by atoms with Crippen LogP contribution in [0, 0.1) is 0 Å². The summed E-state index contributed by atoms with van der Waals surface area (Å²) in [6, 6.07) is 0. The minimum Gasteiger partial charge on any atom is -0.748 e. The smallest absolute Gasteiger partial charge is 0.0968 e. The highest BCUT2D eigenvalue weighted by Crippen LogP contribution is 1.75. The van der Waals surface area contributed by atoms with E-state index in [1.165, 1.54) is 0 Å². The first-order valence-electron chi connectivity index (χ1n) is 1.60. The largest absolute Gasteiger partial charge is 0.748 e. The summed E-state index contributed by atoms with van der Waals surface area (Å²) in [4.78, 5) is 0. The summed E-state index contributed by atoms with van der Waals surface area (Å²) in [5.41, 5.74) is 0. The lowest BCUT2D eigenvalue weighted by Gasteiger charge is -2.00. The van der Waals surface area contributed by atoms with Crippen LogP contribution in [0.2, 0.25) is 0 Å². The molecule has 52 valence electrons. The first-order chi connectivity index (χ1) is 3.06. The van der Waals surface area contributed by atoms with Crippen LogP contribution in [0.15, 0.2) is 0 Å². The van der Waals surface area contributed by atoms with Crippen LogP contribution in [0.4, 0.5) is 0 Å². The number of rotatable bonds is 2. The first-order valence-corrected chi connectivity index (χ1v) is 3.18. The maximum atomic E-state index is 9.52. The maximum Gasteiger partial charge on any atom is 0.0968 e. The van der Waals surface area contributed by atoms with E-state index in [-0.39, 0.29) is 24.0 Å². The molecule has 0 aliphatic heterocycles. The Balaban J connectivity index is 0. The Morgan fingerprint density at radius 1 is 1.50 bits per heavy atom. The van der Waals surface area contributed by atoms with Gasteiger partial charge in [0, 0.05) is 0 Å². The molecule has 0 fully saturated rings. The highest BCUT2D eigenvalue weighted by molar-refractivity contribution is 14.0. The van der Waals surface area contributed by atoms with E-state index in [0.717, 1.165) is 0 Å². The lowest BCUT2D eigenvalue weighted by atomic mass is 10.9. The lowest BCUT2D eigenvalue weighted by Crippen LogP contribution is -2.07. The molecular formula is C2H6IO4S-. The lowest BCUT2D eigenvalue weighted by molar-refractivity contribution is 0.314. The van der Waals surface area contributed by atoms with E-state index in [4.69, 9.17) is 5.11 Å². The van der Waals surface area contributed by atoms with Crippen molar-refractivity contribution in [2.45, 2.75) is 0 Å². The molecule has 1 N–H and O–H groups in total. The Morgan fingerprint density at radius 2 is 1.88 bits per heavy atom. The summed E-state index contributed by atoms with van der Waals surface area (Å²) < 4.78 is 28.5. The molecule has 0 atom stereocenters. The molecule has 0 aliphatic carbocycles. The van der Waals surface area contributed by atoms with Gasteiger partial charge in [-0.15, -0.1) is 24.0 Å². The molecule has 0 saturated heterocycles. The van der Waals surface area contributed by atoms with Crippen LogP contribution in [0.1, 0.15) is 0 Å². The average Bonchev–Trinajstić information content (AvgIpc) is 1.30. The zero-order valence-electron chi connectivity index (χ0n) is 3.90. The van der Waals surface area contributed by atoms with Crippen LogP contribution < -0.4 is 0 Å². The van der Waals surface area contributed by atoms with Gasteiger partial charge in [0.1, 0.15) is 0 Å². The molecule has 0 amide bonds. The molecule has 0 aliphatic rings. The van der Waals surface area contributed by atoms with Crippen molar-refractivity contribution >= 4 is 34.1 Å². The molecule has 6 heteroatoms. The SMILES string of the molecule is I.O=S(=O)([O-])CCO. The quantitative estimate of drug-likeness (QED) is 0.513. The van der Waals surface area contributed by atoms with Crippen molar-refractivity contribution < 1.29 is 18.1 Å². The summed E-state index contributed by atoms with van der Waals surface area (Å²) in [6.07, 6.45) is 0. The molecule has 0 heterocycles. The standard InChI is InChI=1S/C2H6O4S.HI/c3-1-2-7(4,5)6;/h3H,1-2H2,(H,4,5,6);1H/p-1. The van der Waals surface area contributed by atoms with Crippen molar-refractivity contribution in [3.8, 4) is 0 Å². The molecule has 8 heavy (non-hydrogen) atoms. The van der Waals surface area contributed by atoms with Gasteiger partial charge in [-0.2, -0.15) is 0 Å². The fraction of sp³-hybridized carbons (Fsp3) is 1.00. The Morgan fingerprint density at radius 3 is 1.88 bits per heavy atom. The minimum atomic E-state index is -4.17. The summed E-state index contributed by atoms with van der Waals surface area (Å²) >= 11 is 0. The van der Waals surface area contributed by atoms with Crippen molar-refractivity contribution in [1.82, 2.24) is 0 Å². The van der Waals surface area contributed by atoms with Crippen molar-refractivity contribution in [3.05, 3.63) is 0 Å². The molecule has 0 unspecified atom stereocenters. The van der Waals surface area contributed by atoms with Crippen molar-refractivity contribution in [1.29, 1.82) is 0 Å². The molecule has 0 saturated carbocycles. The molecule has 0 aromatic carbocycles. The van der Waals surface area contributed by atoms with Gasteiger partial charge in [0.15, 0.2) is 0 Å². The van der Waals surface area contributed by atoms with Gasteiger partial charge in [0.05, 0.1) is 22.5 Å². The van der Waals surface area contributed by atoms with Crippen molar-refractivity contribution in [2.24, 2.45) is 0 Å². The van der Waals surface area contributed by atoms with Crippen LogP contribution in [0.25, 0.3) is 0 Å². The van der Waals surface area contributed by atoms with Gasteiger partial charge in [-0.05, 0) is 0 Å². The molecule has 4 nitrogen and oxygen atoms in total. The second-order valence-corrected chi connectivity index (χ2v) is 2.51. The number of hydrogen-bond donors (Lipinski definition) is 1. The zero-order valence-corrected chi connectivity index (χ0v) is 7.05. The van der Waals surface area contributed by atoms with E-state index in [2.05, 4.69) is 0 Å². The molecule has 0 bridgehead atoms. The number of aliphatic hydroxyl groups is 1. The third-order valence-electron chi connectivity index (χ3n) is 0.341. The van der Waals surface area contributed by atoms with Crippen LogP contribution in [0.5, 0.6) is 0 Å². The summed E-state index contributed by atoms with van der Waals surface area (Å²) in [5, 5.41) is 7.82. The normalized spacial score (nSPS) is 10.2. The predicted octanol–water partition coefficient (Wildman–Crippen LogP) is -0.858. The van der Waals surface area contributed by atoms with Gasteiger partial charge in [-0.25, -0.2) is 8.42 Å². The molecule has 0 radical (unpaired) electrons. The average molecular weight is 253 g/mol. The van der Waals surface area contributed by atoms with E-state index in [1.807, 2.05) is 0 Å². The number of hydrogen-bond acceptors (Lipinski definition) is 4. The summed E-state index contributed by atoms with van der Waals surface area (Å²) in [7, 11) is -4.17. The Kier molecular flexibility index (Phi) is 6.38. The van der Waals surface area contributed by atoms with Crippen LogP contribution in [-0.2, 0) is 10.1 Å². The molecule has 0 aromatic heterocycles. The second-order valence-electron chi connectivity index (χ2n) is 0.985. The van der Waals surface area contributed by atoms with Crippen LogP contribution in [0.3, 0.4) is 0 Å². The first kappa shape index (κ1) is 11.4. The summed E-state index contributed by atoms with van der Waals surface area (Å²) in [6.45, 7) is -0.591. The van der Waals surface area contributed by atoms with E-state index in [9.17, 15) is 13.0 Å². The van der Waals surface area contributed by atoms with Gasteiger partial charge in [0.25, 0.3) is 0 Å². The van der Waals surface area contributed by atoms with E-state index in [0.29, 0.717) is 0 Å². The molecule has 0 spiro atoms. The van der Waals surface area contributed by atoms with E-state index >= 15 is 0 Å². The van der Waals surface area contributed by atoms with Gasteiger partial charge in [-0.1, -0.05) is 0 Å². The maximum absolute atomic E-state index is 9.52. The van der Waals surface area contributed by atoms with Gasteiger partial charge in [-0.3, -0.25) is 0 Å². The van der Waals surface area contributed by atoms with E-state index in [1.54, 1.807) is 0 Å². The van der Waals surface area contributed by atoms with Crippen molar-refractivity contribution in [2.75, 3.05) is 12.4 Å². The molecule has 0 rings (SSSR count). The second kappa shape index (κ2) is 4.48. The van der Waals surface area contributed by atoms with E-state index < -0.39 is 22.5 Å². The molecular weight excluding hydrogens is 247 g/mol. The van der Waals surface area contributed by atoms with Gasteiger partial charge >= 0.3 is 0 Å². The highest BCUT2D eigenvalue weighted by Gasteiger charge is 1.88. The topological polar surface area (TPSA) is 77.4 Å². The van der Waals surface area contributed by atoms with Crippen molar-refractivity contribution in [3.63, 3.8) is 0 Å².